The predicted molar refractivity (Wildman–Crippen MR) is 116 cm³/mol. The second-order valence-corrected chi connectivity index (χ2v) is 7.92. The average Bonchev–Trinajstić information content (AvgIpc) is 3.46. The molecule has 0 amide bonds. The van der Waals surface area contributed by atoms with E-state index in [-0.39, 0.29) is 24.0 Å². The van der Waals surface area contributed by atoms with E-state index in [1.165, 1.54) is 25.0 Å². The van der Waals surface area contributed by atoms with Crippen LogP contribution in [0.25, 0.3) is 0 Å². The molecule has 1 N–H and O–H groups in total. The van der Waals surface area contributed by atoms with Crippen LogP contribution in [-0.2, 0) is 6.54 Å². The van der Waals surface area contributed by atoms with Crippen molar-refractivity contribution in [2.24, 2.45) is 10.9 Å². The van der Waals surface area contributed by atoms with Crippen molar-refractivity contribution in [3.63, 3.8) is 0 Å². The first-order chi connectivity index (χ1) is 11.8. The highest BCUT2D eigenvalue weighted by Gasteiger charge is 2.22. The molecule has 25 heavy (non-hydrogen) atoms. The zero-order chi connectivity index (χ0) is 16.8. The van der Waals surface area contributed by atoms with Crippen molar-refractivity contribution in [3.05, 3.63) is 23.9 Å². The summed E-state index contributed by atoms with van der Waals surface area (Å²) in [6.07, 6.45) is 5.71. The van der Waals surface area contributed by atoms with Crippen LogP contribution in [0.5, 0.6) is 5.88 Å². The number of guanidine groups is 1. The second kappa shape index (κ2) is 10.4. The van der Waals surface area contributed by atoms with Gasteiger partial charge in [0.25, 0.3) is 0 Å². The maximum Gasteiger partial charge on any atom is 0.213 e. The molecule has 0 aromatic carbocycles. The highest BCUT2D eigenvalue weighted by molar-refractivity contribution is 14.0. The van der Waals surface area contributed by atoms with Crippen molar-refractivity contribution in [2.75, 3.05) is 32.5 Å². The molecule has 0 spiro atoms. The third-order valence-corrected chi connectivity index (χ3v) is 5.89. The fraction of sp³-hybridized carbons (Fsp3) is 0.667. The van der Waals surface area contributed by atoms with Crippen molar-refractivity contribution < 1.29 is 4.74 Å². The molecule has 2 aliphatic rings. The van der Waals surface area contributed by atoms with Gasteiger partial charge in [0.15, 0.2) is 5.96 Å². The van der Waals surface area contributed by atoms with Gasteiger partial charge in [-0.2, -0.15) is 11.8 Å². The summed E-state index contributed by atoms with van der Waals surface area (Å²) in [6.45, 7) is 5.95. The number of nitrogens with zero attached hydrogens (tertiary/aromatic N) is 3. The van der Waals surface area contributed by atoms with Gasteiger partial charge < -0.3 is 15.0 Å². The second-order valence-electron chi connectivity index (χ2n) is 6.51. The minimum absolute atomic E-state index is 0. The number of aliphatic imine (C=N–C) groups is 1. The van der Waals surface area contributed by atoms with Gasteiger partial charge in [-0.15, -0.1) is 24.0 Å². The molecule has 1 atom stereocenters. The fourth-order valence-corrected chi connectivity index (χ4v) is 3.94. The van der Waals surface area contributed by atoms with E-state index in [9.17, 15) is 0 Å². The molecule has 5 nitrogen and oxygen atoms in total. The van der Waals surface area contributed by atoms with Gasteiger partial charge in [-0.1, -0.05) is 13.0 Å². The van der Waals surface area contributed by atoms with Crippen molar-refractivity contribution in [1.29, 1.82) is 0 Å². The number of halogens is 1. The van der Waals surface area contributed by atoms with Gasteiger partial charge in [0.1, 0.15) is 0 Å². The lowest BCUT2D eigenvalue weighted by atomic mass is 10.3. The van der Waals surface area contributed by atoms with E-state index in [0.29, 0.717) is 5.25 Å². The Morgan fingerprint density at radius 1 is 1.44 bits per heavy atom. The number of pyridine rings is 1. The zero-order valence-electron chi connectivity index (χ0n) is 15.1. The maximum absolute atomic E-state index is 5.69. The molecule has 2 heterocycles. The fourth-order valence-electron chi connectivity index (χ4n) is 2.76. The summed E-state index contributed by atoms with van der Waals surface area (Å²) in [4.78, 5) is 11.2. The summed E-state index contributed by atoms with van der Waals surface area (Å²) in [7, 11) is 1.86. The zero-order valence-corrected chi connectivity index (χ0v) is 18.3. The van der Waals surface area contributed by atoms with Crippen LogP contribution < -0.4 is 10.1 Å². The van der Waals surface area contributed by atoms with Gasteiger partial charge in [-0.05, 0) is 30.7 Å². The van der Waals surface area contributed by atoms with E-state index in [1.807, 2.05) is 19.3 Å². The number of rotatable bonds is 6. The van der Waals surface area contributed by atoms with Crippen LogP contribution in [0.4, 0.5) is 0 Å². The van der Waals surface area contributed by atoms with E-state index in [2.05, 4.69) is 44.9 Å². The van der Waals surface area contributed by atoms with Crippen LogP contribution in [0.15, 0.2) is 23.3 Å². The summed E-state index contributed by atoms with van der Waals surface area (Å²) in [6, 6.07) is 4.04. The first-order valence-electron chi connectivity index (χ1n) is 8.93. The summed E-state index contributed by atoms with van der Waals surface area (Å²) < 4.78 is 5.69. The van der Waals surface area contributed by atoms with Gasteiger partial charge in [0, 0.05) is 49.9 Å². The Labute approximate surface area is 172 Å². The van der Waals surface area contributed by atoms with E-state index in [4.69, 9.17) is 4.74 Å². The van der Waals surface area contributed by atoms with Crippen LogP contribution in [-0.4, -0.2) is 53.6 Å². The summed E-state index contributed by atoms with van der Waals surface area (Å²) in [5, 5.41) is 4.18. The molecule has 1 aromatic rings. The van der Waals surface area contributed by atoms with Crippen LogP contribution in [0, 0.1) is 5.92 Å². The molecule has 2 fully saturated rings. The highest BCUT2D eigenvalue weighted by Crippen LogP contribution is 2.29. The third-order valence-electron chi connectivity index (χ3n) is 4.52. The predicted octanol–water partition coefficient (Wildman–Crippen LogP) is 3.39. The smallest absolute Gasteiger partial charge is 0.213 e. The lowest BCUT2D eigenvalue weighted by Crippen LogP contribution is -2.47. The number of ether oxygens (including phenoxy) is 1. The average molecular weight is 476 g/mol. The highest BCUT2D eigenvalue weighted by atomic mass is 127. The van der Waals surface area contributed by atoms with Crippen LogP contribution in [0.2, 0.25) is 0 Å². The van der Waals surface area contributed by atoms with Crippen molar-refractivity contribution in [2.45, 2.75) is 38.0 Å². The van der Waals surface area contributed by atoms with Crippen molar-refractivity contribution >= 4 is 41.7 Å². The molecule has 3 rings (SSSR count). The molecule has 1 aliphatic heterocycles. The van der Waals surface area contributed by atoms with E-state index < -0.39 is 0 Å². The van der Waals surface area contributed by atoms with Gasteiger partial charge in [-0.3, -0.25) is 4.99 Å². The Hall–Kier alpha value is -0.700. The minimum Gasteiger partial charge on any atom is -0.477 e. The maximum atomic E-state index is 5.69. The van der Waals surface area contributed by atoms with Crippen molar-refractivity contribution in [3.8, 4) is 5.88 Å². The quantitative estimate of drug-likeness (QED) is 0.388. The largest absolute Gasteiger partial charge is 0.477 e. The van der Waals surface area contributed by atoms with Crippen LogP contribution >= 0.6 is 35.7 Å². The topological polar surface area (TPSA) is 49.8 Å². The Morgan fingerprint density at radius 2 is 2.28 bits per heavy atom. The van der Waals surface area contributed by atoms with Gasteiger partial charge in [0.05, 0.1) is 6.61 Å². The normalized spacial score (nSPS) is 20.8. The minimum atomic E-state index is 0. The third kappa shape index (κ3) is 6.51. The first kappa shape index (κ1) is 20.6. The van der Waals surface area contributed by atoms with Gasteiger partial charge in [-0.25, -0.2) is 4.98 Å². The summed E-state index contributed by atoms with van der Waals surface area (Å²) in [5.74, 6) is 3.65. The molecule has 1 saturated carbocycles. The number of nitrogens with one attached hydrogen (secondary N) is 1. The number of thioether (sulfide) groups is 1. The van der Waals surface area contributed by atoms with Crippen LogP contribution in [0.1, 0.15) is 31.7 Å². The Balaban J connectivity index is 0.00000225. The van der Waals surface area contributed by atoms with Gasteiger partial charge in [0.2, 0.25) is 5.88 Å². The molecule has 140 valence electrons. The molecule has 0 bridgehead atoms. The Bertz CT molecular complexity index is 551. The molecule has 7 heteroatoms. The Morgan fingerprint density at radius 3 is 2.92 bits per heavy atom. The first-order valence-corrected chi connectivity index (χ1v) is 9.98. The van der Waals surface area contributed by atoms with Crippen molar-refractivity contribution in [1.82, 2.24) is 15.2 Å². The van der Waals surface area contributed by atoms with E-state index in [0.717, 1.165) is 49.6 Å². The standard InChI is InChI=1S/C18H28N4OS.HI/c1-3-16-12-22(8-9-24-16)18(19-2)21-11-15-6-7-17(20-10-15)23-13-14-4-5-14;/h6-7,10,14,16H,3-5,8-9,11-13H2,1-2H3,(H,19,21);1H. The molecule has 1 unspecified atom stereocenters. The number of hydrogen-bond donors (Lipinski definition) is 1. The lowest BCUT2D eigenvalue weighted by Gasteiger charge is -2.34. The number of hydrogen-bond acceptors (Lipinski definition) is 4. The summed E-state index contributed by atoms with van der Waals surface area (Å²) >= 11 is 2.07. The number of aromatic nitrogens is 1. The lowest BCUT2D eigenvalue weighted by molar-refractivity contribution is 0.288. The molecule has 1 saturated heterocycles. The molecule has 1 aromatic heterocycles. The molecular formula is C18H29IN4OS. The molecule has 0 radical (unpaired) electrons. The monoisotopic (exact) mass is 476 g/mol. The molecule has 1 aliphatic carbocycles. The van der Waals surface area contributed by atoms with E-state index in [1.54, 1.807) is 0 Å². The van der Waals surface area contributed by atoms with E-state index >= 15 is 0 Å². The van der Waals surface area contributed by atoms with Gasteiger partial charge >= 0.3 is 0 Å². The summed E-state index contributed by atoms with van der Waals surface area (Å²) in [5.41, 5.74) is 1.15. The Kier molecular flexibility index (Phi) is 8.61. The molecular weight excluding hydrogens is 447 g/mol. The SMILES string of the molecule is CCC1CN(C(=NC)NCc2ccc(OCC3CC3)nc2)CCS1.I. The van der Waals surface area contributed by atoms with Crippen LogP contribution in [0.3, 0.4) is 0 Å².